The first-order valence-electron chi connectivity index (χ1n) is 6.42. The predicted molar refractivity (Wildman–Crippen MR) is 76.9 cm³/mol. The van der Waals surface area contributed by atoms with Gasteiger partial charge in [-0.3, -0.25) is 4.90 Å². The van der Waals surface area contributed by atoms with Crippen LogP contribution in [0.1, 0.15) is 12.8 Å². The number of ether oxygens (including phenoxy) is 2. The van der Waals surface area contributed by atoms with Crippen molar-refractivity contribution in [2.24, 2.45) is 0 Å². The zero-order chi connectivity index (χ0) is 12.8. The van der Waals surface area contributed by atoms with Crippen LogP contribution >= 0.6 is 15.9 Å². The second-order valence-corrected chi connectivity index (χ2v) is 5.81. The van der Waals surface area contributed by atoms with Crippen LogP contribution < -0.4 is 9.47 Å². The van der Waals surface area contributed by atoms with Gasteiger partial charge in [-0.05, 0) is 38.1 Å². The minimum absolute atomic E-state index is 0.698. The lowest BCUT2D eigenvalue weighted by Crippen LogP contribution is -2.36. The second-order valence-electron chi connectivity index (χ2n) is 4.52. The van der Waals surface area contributed by atoms with Crippen molar-refractivity contribution >= 4 is 15.9 Å². The number of benzene rings is 1. The molecule has 1 heterocycles. The molecule has 18 heavy (non-hydrogen) atoms. The number of rotatable bonds is 5. The minimum Gasteiger partial charge on any atom is -0.493 e. The Morgan fingerprint density at radius 1 is 1.22 bits per heavy atom. The van der Waals surface area contributed by atoms with E-state index in [1.807, 2.05) is 24.3 Å². The van der Waals surface area contributed by atoms with Crippen molar-refractivity contribution < 1.29 is 9.47 Å². The van der Waals surface area contributed by atoms with Crippen molar-refractivity contribution in [1.82, 2.24) is 4.90 Å². The van der Waals surface area contributed by atoms with E-state index in [1.54, 1.807) is 7.11 Å². The molecule has 2 rings (SSSR count). The maximum Gasteiger partial charge on any atom is 0.161 e. The molecule has 1 fully saturated rings. The van der Waals surface area contributed by atoms with Gasteiger partial charge in [0.2, 0.25) is 0 Å². The molecule has 0 atom stereocenters. The first kappa shape index (κ1) is 13.7. The van der Waals surface area contributed by atoms with Crippen molar-refractivity contribution in [1.29, 1.82) is 0 Å². The summed E-state index contributed by atoms with van der Waals surface area (Å²) in [6, 6.07) is 7.79. The SMILES string of the molecule is COc1ccccc1OCCN1CCC(Br)CC1. The smallest absolute Gasteiger partial charge is 0.161 e. The Hall–Kier alpha value is -0.740. The molecule has 0 unspecified atom stereocenters. The van der Waals surface area contributed by atoms with Crippen LogP contribution in [0, 0.1) is 0 Å². The van der Waals surface area contributed by atoms with E-state index in [-0.39, 0.29) is 0 Å². The van der Waals surface area contributed by atoms with Crippen LogP contribution in [0.5, 0.6) is 11.5 Å². The van der Waals surface area contributed by atoms with E-state index < -0.39 is 0 Å². The van der Waals surface area contributed by atoms with Crippen LogP contribution in [-0.2, 0) is 0 Å². The molecule has 1 aliphatic rings. The highest BCUT2D eigenvalue weighted by Gasteiger charge is 2.16. The third kappa shape index (κ3) is 3.89. The Morgan fingerprint density at radius 3 is 2.56 bits per heavy atom. The lowest BCUT2D eigenvalue weighted by atomic mass is 10.1. The summed E-state index contributed by atoms with van der Waals surface area (Å²) in [5, 5.41) is 0. The molecule has 0 bridgehead atoms. The number of hydrogen-bond donors (Lipinski definition) is 0. The first-order valence-corrected chi connectivity index (χ1v) is 7.33. The highest BCUT2D eigenvalue weighted by Crippen LogP contribution is 2.25. The maximum absolute atomic E-state index is 5.78. The molecule has 0 amide bonds. The molecule has 0 aromatic heterocycles. The Labute approximate surface area is 117 Å². The van der Waals surface area contributed by atoms with E-state index in [9.17, 15) is 0 Å². The number of piperidine rings is 1. The largest absolute Gasteiger partial charge is 0.493 e. The van der Waals surface area contributed by atoms with E-state index in [1.165, 1.54) is 12.8 Å². The summed E-state index contributed by atoms with van der Waals surface area (Å²) in [7, 11) is 1.67. The standard InChI is InChI=1S/C14H20BrNO2/c1-17-13-4-2-3-5-14(13)18-11-10-16-8-6-12(15)7-9-16/h2-5,12H,6-11H2,1H3. The van der Waals surface area contributed by atoms with Gasteiger partial charge < -0.3 is 9.47 Å². The second kappa shape index (κ2) is 7.00. The average molecular weight is 314 g/mol. The number of halogens is 1. The van der Waals surface area contributed by atoms with Gasteiger partial charge in [0.1, 0.15) is 6.61 Å². The van der Waals surface area contributed by atoms with E-state index in [4.69, 9.17) is 9.47 Å². The lowest BCUT2D eigenvalue weighted by Gasteiger charge is -2.29. The van der Waals surface area contributed by atoms with Crippen LogP contribution in [0.4, 0.5) is 0 Å². The van der Waals surface area contributed by atoms with Crippen LogP contribution in [-0.4, -0.2) is 43.1 Å². The lowest BCUT2D eigenvalue weighted by molar-refractivity contribution is 0.183. The van der Waals surface area contributed by atoms with E-state index in [2.05, 4.69) is 20.8 Å². The molecule has 0 aliphatic carbocycles. The van der Waals surface area contributed by atoms with Crippen LogP contribution in [0.2, 0.25) is 0 Å². The molecule has 1 aliphatic heterocycles. The minimum atomic E-state index is 0.698. The van der Waals surface area contributed by atoms with Crippen molar-refractivity contribution in [2.45, 2.75) is 17.7 Å². The summed E-state index contributed by atoms with van der Waals surface area (Å²) >= 11 is 3.67. The third-order valence-electron chi connectivity index (χ3n) is 3.25. The molecule has 1 saturated heterocycles. The highest BCUT2D eigenvalue weighted by atomic mass is 79.9. The number of para-hydroxylation sites is 2. The number of likely N-dealkylation sites (tertiary alicyclic amines) is 1. The van der Waals surface area contributed by atoms with Crippen molar-refractivity contribution in [3.63, 3.8) is 0 Å². The average Bonchev–Trinajstić information content (AvgIpc) is 2.41. The molecule has 100 valence electrons. The zero-order valence-corrected chi connectivity index (χ0v) is 12.4. The topological polar surface area (TPSA) is 21.7 Å². The van der Waals surface area contributed by atoms with E-state index >= 15 is 0 Å². The fraction of sp³-hybridized carbons (Fsp3) is 0.571. The summed E-state index contributed by atoms with van der Waals surface area (Å²) < 4.78 is 11.0. The van der Waals surface area contributed by atoms with E-state index in [0.717, 1.165) is 31.1 Å². The van der Waals surface area contributed by atoms with Gasteiger partial charge in [0, 0.05) is 11.4 Å². The van der Waals surface area contributed by atoms with Gasteiger partial charge in [0.15, 0.2) is 11.5 Å². The van der Waals surface area contributed by atoms with Crippen molar-refractivity contribution in [3.8, 4) is 11.5 Å². The van der Waals surface area contributed by atoms with Gasteiger partial charge >= 0.3 is 0 Å². The van der Waals surface area contributed by atoms with Gasteiger partial charge in [-0.15, -0.1) is 0 Å². The van der Waals surface area contributed by atoms with Gasteiger partial charge in [0.05, 0.1) is 7.11 Å². The molecule has 1 aromatic carbocycles. The van der Waals surface area contributed by atoms with Crippen LogP contribution in [0.25, 0.3) is 0 Å². The quantitative estimate of drug-likeness (QED) is 0.780. The van der Waals surface area contributed by atoms with Gasteiger partial charge in [-0.1, -0.05) is 28.1 Å². The van der Waals surface area contributed by atoms with Gasteiger partial charge in [0.25, 0.3) is 0 Å². The fourth-order valence-electron chi connectivity index (χ4n) is 2.15. The number of hydrogen-bond acceptors (Lipinski definition) is 3. The monoisotopic (exact) mass is 313 g/mol. The summed E-state index contributed by atoms with van der Waals surface area (Å²) in [6.07, 6.45) is 2.46. The number of alkyl halides is 1. The van der Waals surface area contributed by atoms with Crippen molar-refractivity contribution in [3.05, 3.63) is 24.3 Å². The Balaban J connectivity index is 1.75. The number of nitrogens with zero attached hydrogens (tertiary/aromatic N) is 1. The summed E-state index contributed by atoms with van der Waals surface area (Å²) in [5.41, 5.74) is 0. The predicted octanol–water partition coefficient (Wildman–Crippen LogP) is 2.93. The molecule has 4 heteroatoms. The molecule has 1 aromatic rings. The summed E-state index contributed by atoms with van der Waals surface area (Å²) in [4.78, 5) is 3.15. The first-order chi connectivity index (χ1) is 8.79. The van der Waals surface area contributed by atoms with E-state index in [0.29, 0.717) is 11.4 Å². The fourth-order valence-corrected chi connectivity index (χ4v) is 2.56. The Kier molecular flexibility index (Phi) is 5.32. The molecule has 0 N–H and O–H groups in total. The van der Waals surface area contributed by atoms with Gasteiger partial charge in [-0.2, -0.15) is 0 Å². The van der Waals surface area contributed by atoms with Gasteiger partial charge in [-0.25, -0.2) is 0 Å². The third-order valence-corrected chi connectivity index (χ3v) is 4.17. The highest BCUT2D eigenvalue weighted by molar-refractivity contribution is 9.09. The summed E-state index contributed by atoms with van der Waals surface area (Å²) in [6.45, 7) is 4.02. The van der Waals surface area contributed by atoms with Crippen LogP contribution in [0.3, 0.4) is 0 Å². The summed E-state index contributed by atoms with van der Waals surface area (Å²) in [5.74, 6) is 1.63. The normalized spacial score (nSPS) is 17.7. The molecule has 0 spiro atoms. The molecular weight excluding hydrogens is 294 g/mol. The Morgan fingerprint density at radius 2 is 1.89 bits per heavy atom. The Bertz CT molecular complexity index is 365. The maximum atomic E-state index is 5.78. The van der Waals surface area contributed by atoms with Crippen LogP contribution in [0.15, 0.2) is 24.3 Å². The van der Waals surface area contributed by atoms with Crippen molar-refractivity contribution in [2.75, 3.05) is 33.4 Å². The molecular formula is C14H20BrNO2. The number of methoxy groups -OCH3 is 1. The molecule has 3 nitrogen and oxygen atoms in total. The zero-order valence-electron chi connectivity index (χ0n) is 10.8. The molecule has 0 saturated carbocycles. The molecule has 0 radical (unpaired) electrons.